The van der Waals surface area contributed by atoms with Gasteiger partial charge >= 0.3 is 16.9 Å². The van der Waals surface area contributed by atoms with Gasteiger partial charge in [0.05, 0.1) is 17.6 Å². The van der Waals surface area contributed by atoms with Crippen LogP contribution in [0.15, 0.2) is 27.8 Å². The monoisotopic (exact) mass is 375 g/mol. The highest BCUT2D eigenvalue weighted by Crippen LogP contribution is 2.30. The first-order valence-corrected chi connectivity index (χ1v) is 8.48. The molecule has 2 aromatic rings. The van der Waals surface area contributed by atoms with E-state index in [0.717, 1.165) is 6.42 Å². The summed E-state index contributed by atoms with van der Waals surface area (Å²) >= 11 is 0. The lowest BCUT2D eigenvalue weighted by Crippen LogP contribution is -2.25. The SMILES string of the molecule is CCOc1cc(/C=C/c2[nH]c(=O)[nH]c(=O)c2[N+](=O)[O-])ccc1OC(C)CC. The maximum atomic E-state index is 11.6. The van der Waals surface area contributed by atoms with Crippen LogP contribution in [-0.2, 0) is 0 Å². The second kappa shape index (κ2) is 8.84. The maximum Gasteiger partial charge on any atom is 0.357 e. The minimum Gasteiger partial charge on any atom is -0.490 e. The number of aromatic amines is 2. The van der Waals surface area contributed by atoms with Crippen molar-refractivity contribution in [3.8, 4) is 11.5 Å². The largest absolute Gasteiger partial charge is 0.490 e. The van der Waals surface area contributed by atoms with Crippen molar-refractivity contribution < 1.29 is 14.4 Å². The van der Waals surface area contributed by atoms with Gasteiger partial charge in [0.25, 0.3) is 0 Å². The standard InChI is InChI=1S/C18H21N3O6/c1-4-11(3)27-14-9-7-12(10-15(14)26-5-2)6-8-13-16(21(24)25)17(22)20-18(23)19-13/h6-11H,4-5H2,1-3H3,(H2,19,20,22,23)/b8-6+. The summed E-state index contributed by atoms with van der Waals surface area (Å²) in [5.41, 5.74) is -2.14. The fourth-order valence-corrected chi connectivity index (χ4v) is 2.27. The van der Waals surface area contributed by atoms with Crippen LogP contribution in [0.3, 0.4) is 0 Å². The third kappa shape index (κ3) is 5.06. The van der Waals surface area contributed by atoms with Gasteiger partial charge in [-0.15, -0.1) is 0 Å². The summed E-state index contributed by atoms with van der Waals surface area (Å²) < 4.78 is 11.4. The van der Waals surface area contributed by atoms with Crippen molar-refractivity contribution in [2.75, 3.05) is 6.61 Å². The van der Waals surface area contributed by atoms with Crippen molar-refractivity contribution in [3.05, 3.63) is 60.4 Å². The number of ether oxygens (including phenoxy) is 2. The Morgan fingerprint density at radius 2 is 1.93 bits per heavy atom. The van der Waals surface area contributed by atoms with Crippen LogP contribution < -0.4 is 20.7 Å². The van der Waals surface area contributed by atoms with Gasteiger partial charge in [-0.2, -0.15) is 0 Å². The van der Waals surface area contributed by atoms with Gasteiger partial charge in [-0.1, -0.05) is 19.1 Å². The number of hydrogen-bond acceptors (Lipinski definition) is 6. The Labute approximate surface area is 154 Å². The zero-order chi connectivity index (χ0) is 20.0. The van der Waals surface area contributed by atoms with E-state index in [2.05, 4.69) is 4.98 Å². The topological polar surface area (TPSA) is 127 Å². The Morgan fingerprint density at radius 1 is 1.19 bits per heavy atom. The number of rotatable bonds is 8. The molecule has 0 fully saturated rings. The normalized spacial score (nSPS) is 12.1. The smallest absolute Gasteiger partial charge is 0.357 e. The fraction of sp³-hybridized carbons (Fsp3) is 0.333. The molecule has 1 aromatic carbocycles. The molecule has 0 aliphatic heterocycles. The van der Waals surface area contributed by atoms with E-state index in [-0.39, 0.29) is 11.8 Å². The Bertz CT molecular complexity index is 960. The van der Waals surface area contributed by atoms with E-state index in [1.54, 1.807) is 18.2 Å². The zero-order valence-corrected chi connectivity index (χ0v) is 15.3. The van der Waals surface area contributed by atoms with Crippen molar-refractivity contribution in [3.63, 3.8) is 0 Å². The maximum absolute atomic E-state index is 11.6. The highest BCUT2D eigenvalue weighted by Gasteiger charge is 2.18. The van der Waals surface area contributed by atoms with Crippen molar-refractivity contribution in [2.45, 2.75) is 33.3 Å². The Kier molecular flexibility index (Phi) is 6.53. The van der Waals surface area contributed by atoms with Crippen LogP contribution in [0.1, 0.15) is 38.4 Å². The van der Waals surface area contributed by atoms with Gasteiger partial charge in [-0.05, 0) is 44.0 Å². The van der Waals surface area contributed by atoms with Gasteiger partial charge in [-0.3, -0.25) is 19.9 Å². The van der Waals surface area contributed by atoms with Crippen molar-refractivity contribution in [2.24, 2.45) is 0 Å². The van der Waals surface area contributed by atoms with Gasteiger partial charge in [0, 0.05) is 0 Å². The minimum absolute atomic E-state index is 0.0226. The number of benzene rings is 1. The van der Waals surface area contributed by atoms with Crippen LogP contribution >= 0.6 is 0 Å². The van der Waals surface area contributed by atoms with Gasteiger partial charge in [-0.25, -0.2) is 4.79 Å². The number of aromatic nitrogens is 2. The molecule has 0 bridgehead atoms. The molecule has 9 nitrogen and oxygen atoms in total. The van der Waals surface area contributed by atoms with Crippen LogP contribution in [0.5, 0.6) is 11.5 Å². The lowest BCUT2D eigenvalue weighted by Gasteiger charge is -2.16. The lowest BCUT2D eigenvalue weighted by atomic mass is 10.1. The van der Waals surface area contributed by atoms with Crippen LogP contribution in [-0.4, -0.2) is 27.6 Å². The molecule has 0 aliphatic carbocycles. The number of hydrogen-bond donors (Lipinski definition) is 2. The fourth-order valence-electron chi connectivity index (χ4n) is 2.27. The summed E-state index contributed by atoms with van der Waals surface area (Å²) in [7, 11) is 0. The minimum atomic E-state index is -1.06. The van der Waals surface area contributed by atoms with Crippen LogP contribution in [0.25, 0.3) is 12.2 Å². The molecule has 9 heteroatoms. The van der Waals surface area contributed by atoms with E-state index in [4.69, 9.17) is 9.47 Å². The van der Waals surface area contributed by atoms with E-state index >= 15 is 0 Å². The summed E-state index contributed by atoms with van der Waals surface area (Å²) in [5.74, 6) is 1.13. The molecule has 0 saturated heterocycles. The van der Waals surface area contributed by atoms with Crippen LogP contribution in [0, 0.1) is 10.1 Å². The molecule has 1 atom stereocenters. The van der Waals surface area contributed by atoms with E-state index < -0.39 is 21.9 Å². The molecule has 27 heavy (non-hydrogen) atoms. The highest BCUT2D eigenvalue weighted by molar-refractivity contribution is 5.72. The van der Waals surface area contributed by atoms with Crippen LogP contribution in [0.2, 0.25) is 0 Å². The molecule has 0 aliphatic rings. The molecule has 2 N–H and O–H groups in total. The van der Waals surface area contributed by atoms with E-state index in [1.807, 2.05) is 25.8 Å². The van der Waals surface area contributed by atoms with Gasteiger partial charge in [0.2, 0.25) is 0 Å². The van der Waals surface area contributed by atoms with Crippen molar-refractivity contribution in [1.82, 2.24) is 9.97 Å². The van der Waals surface area contributed by atoms with Crippen LogP contribution in [0.4, 0.5) is 5.69 Å². The summed E-state index contributed by atoms with van der Waals surface area (Å²) in [6.07, 6.45) is 3.70. The van der Waals surface area contributed by atoms with Gasteiger partial charge in [0.1, 0.15) is 5.69 Å². The summed E-state index contributed by atoms with van der Waals surface area (Å²) in [5, 5.41) is 11.1. The Balaban J connectivity index is 2.40. The lowest BCUT2D eigenvalue weighted by molar-refractivity contribution is -0.386. The zero-order valence-electron chi connectivity index (χ0n) is 15.3. The molecule has 0 spiro atoms. The van der Waals surface area contributed by atoms with Gasteiger partial charge in [0.15, 0.2) is 11.5 Å². The number of nitrogens with one attached hydrogen (secondary N) is 2. The Hall–Kier alpha value is -3.36. The Morgan fingerprint density at radius 3 is 2.56 bits per heavy atom. The number of nitro groups is 1. The second-order valence-electron chi connectivity index (χ2n) is 5.74. The number of nitrogens with zero attached hydrogens (tertiary/aromatic N) is 1. The molecule has 144 valence electrons. The summed E-state index contributed by atoms with van der Waals surface area (Å²) in [6, 6.07) is 5.20. The molecule has 1 aromatic heterocycles. The van der Waals surface area contributed by atoms with E-state index in [1.165, 1.54) is 12.2 Å². The molecular formula is C18H21N3O6. The average molecular weight is 375 g/mol. The predicted molar refractivity (Wildman–Crippen MR) is 101 cm³/mol. The van der Waals surface area contributed by atoms with Crippen molar-refractivity contribution in [1.29, 1.82) is 0 Å². The summed E-state index contributed by atoms with van der Waals surface area (Å²) in [6.45, 7) is 6.25. The van der Waals surface area contributed by atoms with E-state index in [9.17, 15) is 19.7 Å². The summed E-state index contributed by atoms with van der Waals surface area (Å²) in [4.78, 5) is 37.4. The number of H-pyrrole nitrogens is 2. The molecule has 1 heterocycles. The first-order valence-electron chi connectivity index (χ1n) is 8.48. The third-order valence-corrected chi connectivity index (χ3v) is 3.74. The molecule has 0 amide bonds. The third-order valence-electron chi connectivity index (χ3n) is 3.74. The average Bonchev–Trinajstić information content (AvgIpc) is 2.60. The molecule has 0 radical (unpaired) electrons. The first kappa shape index (κ1) is 20.0. The molecule has 2 rings (SSSR count). The van der Waals surface area contributed by atoms with E-state index in [0.29, 0.717) is 23.7 Å². The quantitative estimate of drug-likeness (QED) is 0.539. The molecule has 1 unspecified atom stereocenters. The first-order chi connectivity index (χ1) is 12.8. The predicted octanol–water partition coefficient (Wildman–Crippen LogP) is 2.72. The molecular weight excluding hydrogens is 354 g/mol. The highest BCUT2D eigenvalue weighted by atomic mass is 16.6. The second-order valence-corrected chi connectivity index (χ2v) is 5.74. The van der Waals surface area contributed by atoms with Crippen molar-refractivity contribution >= 4 is 17.8 Å². The van der Waals surface area contributed by atoms with Gasteiger partial charge < -0.3 is 14.5 Å². The molecule has 0 saturated carbocycles.